The summed E-state index contributed by atoms with van der Waals surface area (Å²) in [6, 6.07) is 15.7. The minimum atomic E-state index is -0.482. The highest BCUT2D eigenvalue weighted by Gasteiger charge is 2.24. The number of hydrogen-bond acceptors (Lipinski definition) is 5. The van der Waals surface area contributed by atoms with Gasteiger partial charge in [0.2, 0.25) is 11.7 Å². The average Bonchev–Trinajstić information content (AvgIpc) is 3.18. The van der Waals surface area contributed by atoms with Gasteiger partial charge < -0.3 is 9.42 Å². The van der Waals surface area contributed by atoms with Gasteiger partial charge in [-0.25, -0.2) is 4.39 Å². The molecule has 2 aromatic carbocycles. The van der Waals surface area contributed by atoms with Crippen molar-refractivity contribution in [2.75, 3.05) is 26.2 Å². The van der Waals surface area contributed by atoms with E-state index in [-0.39, 0.29) is 11.5 Å². The summed E-state index contributed by atoms with van der Waals surface area (Å²) in [6.45, 7) is 2.94. The van der Waals surface area contributed by atoms with Gasteiger partial charge in [0.25, 0.3) is 5.91 Å². The molecule has 0 spiro atoms. The first kappa shape index (κ1) is 17.4. The van der Waals surface area contributed by atoms with E-state index in [1.807, 2.05) is 30.3 Å². The summed E-state index contributed by atoms with van der Waals surface area (Å²) in [4.78, 5) is 20.7. The average molecular weight is 366 g/mol. The summed E-state index contributed by atoms with van der Waals surface area (Å²) in [5.74, 6) is 0.364. The Hall–Kier alpha value is -3.06. The smallest absolute Gasteiger partial charge is 0.256 e. The third-order valence-corrected chi connectivity index (χ3v) is 4.62. The SMILES string of the molecule is O=C(c1ccccc1F)N1CCN(Cc2nc(-c3ccccc3)no2)CC1. The van der Waals surface area contributed by atoms with Crippen LogP contribution in [0.1, 0.15) is 16.2 Å². The van der Waals surface area contributed by atoms with E-state index in [1.165, 1.54) is 12.1 Å². The fourth-order valence-corrected chi connectivity index (χ4v) is 3.13. The van der Waals surface area contributed by atoms with E-state index in [9.17, 15) is 9.18 Å². The highest BCUT2D eigenvalue weighted by molar-refractivity contribution is 5.94. The Morgan fingerprint density at radius 2 is 1.70 bits per heavy atom. The predicted molar refractivity (Wildman–Crippen MR) is 97.3 cm³/mol. The van der Waals surface area contributed by atoms with Crippen molar-refractivity contribution in [1.29, 1.82) is 0 Å². The van der Waals surface area contributed by atoms with E-state index in [0.717, 1.165) is 5.56 Å². The molecule has 7 heteroatoms. The van der Waals surface area contributed by atoms with E-state index >= 15 is 0 Å². The van der Waals surface area contributed by atoms with E-state index in [4.69, 9.17) is 4.52 Å². The van der Waals surface area contributed by atoms with Crippen LogP contribution in [-0.4, -0.2) is 52.0 Å². The van der Waals surface area contributed by atoms with Gasteiger partial charge in [0.15, 0.2) is 0 Å². The zero-order chi connectivity index (χ0) is 18.6. The lowest BCUT2D eigenvalue weighted by atomic mass is 10.1. The van der Waals surface area contributed by atoms with Crippen molar-refractivity contribution in [3.63, 3.8) is 0 Å². The second kappa shape index (κ2) is 7.67. The molecule has 1 saturated heterocycles. The predicted octanol–water partition coefficient (Wildman–Crippen LogP) is 2.83. The van der Waals surface area contributed by atoms with Crippen LogP contribution in [0.4, 0.5) is 4.39 Å². The van der Waals surface area contributed by atoms with Crippen LogP contribution in [0, 0.1) is 5.82 Å². The van der Waals surface area contributed by atoms with Gasteiger partial charge in [-0.15, -0.1) is 0 Å². The number of piperazine rings is 1. The summed E-state index contributed by atoms with van der Waals surface area (Å²) in [7, 11) is 0. The van der Waals surface area contributed by atoms with Gasteiger partial charge in [0.05, 0.1) is 12.1 Å². The molecule has 0 N–H and O–H groups in total. The molecule has 1 aliphatic heterocycles. The standard InChI is InChI=1S/C20H19FN4O2/c21-17-9-5-4-8-16(17)20(26)25-12-10-24(11-13-25)14-18-22-19(23-27-18)15-6-2-1-3-7-15/h1-9H,10-14H2. The quantitative estimate of drug-likeness (QED) is 0.711. The molecule has 138 valence electrons. The number of amides is 1. The number of carbonyl (C=O) groups excluding carboxylic acids is 1. The van der Waals surface area contributed by atoms with Crippen LogP contribution in [0.2, 0.25) is 0 Å². The maximum Gasteiger partial charge on any atom is 0.256 e. The van der Waals surface area contributed by atoms with Crippen LogP contribution in [0.5, 0.6) is 0 Å². The van der Waals surface area contributed by atoms with Crippen molar-refractivity contribution in [1.82, 2.24) is 19.9 Å². The minimum Gasteiger partial charge on any atom is -0.338 e. The molecule has 0 unspecified atom stereocenters. The molecule has 6 nitrogen and oxygen atoms in total. The Kier molecular flexibility index (Phi) is 4.93. The second-order valence-electron chi connectivity index (χ2n) is 6.43. The molecule has 1 amide bonds. The van der Waals surface area contributed by atoms with Crippen LogP contribution in [0.15, 0.2) is 59.1 Å². The van der Waals surface area contributed by atoms with E-state index in [0.29, 0.717) is 44.4 Å². The van der Waals surface area contributed by atoms with Crippen molar-refractivity contribution in [3.8, 4) is 11.4 Å². The third-order valence-electron chi connectivity index (χ3n) is 4.62. The zero-order valence-electron chi connectivity index (χ0n) is 14.7. The molecule has 1 aliphatic rings. The first-order chi connectivity index (χ1) is 13.2. The zero-order valence-corrected chi connectivity index (χ0v) is 14.7. The number of benzene rings is 2. The first-order valence-corrected chi connectivity index (χ1v) is 8.85. The Labute approximate surface area is 156 Å². The second-order valence-corrected chi connectivity index (χ2v) is 6.43. The van der Waals surface area contributed by atoms with Crippen molar-refractivity contribution in [2.45, 2.75) is 6.54 Å². The van der Waals surface area contributed by atoms with Crippen LogP contribution in [0.3, 0.4) is 0 Å². The topological polar surface area (TPSA) is 62.5 Å². The molecule has 2 heterocycles. The van der Waals surface area contributed by atoms with E-state index < -0.39 is 5.82 Å². The Bertz CT molecular complexity index is 920. The summed E-state index contributed by atoms with van der Waals surface area (Å²) in [5.41, 5.74) is 1.03. The molecule has 27 heavy (non-hydrogen) atoms. The molecule has 0 bridgehead atoms. The normalized spacial score (nSPS) is 15.1. The molecule has 0 atom stereocenters. The number of halogens is 1. The molecule has 0 saturated carbocycles. The number of rotatable bonds is 4. The van der Waals surface area contributed by atoms with Gasteiger partial charge in [0, 0.05) is 31.7 Å². The molecule has 1 aromatic heterocycles. The number of carbonyl (C=O) groups is 1. The van der Waals surface area contributed by atoms with Crippen molar-refractivity contribution in [3.05, 3.63) is 71.9 Å². The molecular weight excluding hydrogens is 347 g/mol. The summed E-state index contributed by atoms with van der Waals surface area (Å²) >= 11 is 0. The van der Waals surface area contributed by atoms with Crippen molar-refractivity contribution in [2.24, 2.45) is 0 Å². The lowest BCUT2D eigenvalue weighted by Gasteiger charge is -2.34. The summed E-state index contributed by atoms with van der Waals surface area (Å²) < 4.78 is 19.2. The largest absolute Gasteiger partial charge is 0.338 e. The Morgan fingerprint density at radius 3 is 2.44 bits per heavy atom. The number of aromatic nitrogens is 2. The molecule has 1 fully saturated rings. The highest BCUT2D eigenvalue weighted by Crippen LogP contribution is 2.17. The van der Waals surface area contributed by atoms with Gasteiger partial charge in [0.1, 0.15) is 5.82 Å². The van der Waals surface area contributed by atoms with Crippen molar-refractivity contribution < 1.29 is 13.7 Å². The number of hydrogen-bond donors (Lipinski definition) is 0. The highest BCUT2D eigenvalue weighted by atomic mass is 19.1. The maximum absolute atomic E-state index is 13.8. The van der Waals surface area contributed by atoms with E-state index in [2.05, 4.69) is 15.0 Å². The molecular formula is C20H19FN4O2. The van der Waals surface area contributed by atoms with Gasteiger partial charge in [-0.05, 0) is 12.1 Å². The van der Waals surface area contributed by atoms with Crippen LogP contribution >= 0.6 is 0 Å². The molecule has 0 aliphatic carbocycles. The van der Waals surface area contributed by atoms with Crippen LogP contribution in [0.25, 0.3) is 11.4 Å². The lowest BCUT2D eigenvalue weighted by molar-refractivity contribution is 0.0610. The van der Waals surface area contributed by atoms with Gasteiger partial charge in [-0.2, -0.15) is 4.98 Å². The van der Waals surface area contributed by atoms with Crippen LogP contribution < -0.4 is 0 Å². The van der Waals surface area contributed by atoms with Crippen LogP contribution in [-0.2, 0) is 6.54 Å². The lowest BCUT2D eigenvalue weighted by Crippen LogP contribution is -2.48. The Balaban J connectivity index is 1.34. The summed E-state index contributed by atoms with van der Waals surface area (Å²) in [6.07, 6.45) is 0. The van der Waals surface area contributed by atoms with Gasteiger partial charge in [-0.1, -0.05) is 47.6 Å². The Morgan fingerprint density at radius 1 is 1.00 bits per heavy atom. The maximum atomic E-state index is 13.8. The fraction of sp³-hybridized carbons (Fsp3) is 0.250. The van der Waals surface area contributed by atoms with Crippen molar-refractivity contribution >= 4 is 5.91 Å². The van der Waals surface area contributed by atoms with Gasteiger partial charge >= 0.3 is 0 Å². The van der Waals surface area contributed by atoms with Gasteiger partial charge in [-0.3, -0.25) is 9.69 Å². The fourth-order valence-electron chi connectivity index (χ4n) is 3.13. The molecule has 3 aromatic rings. The first-order valence-electron chi connectivity index (χ1n) is 8.85. The minimum absolute atomic E-state index is 0.121. The monoisotopic (exact) mass is 366 g/mol. The molecule has 0 radical (unpaired) electrons. The number of nitrogens with zero attached hydrogens (tertiary/aromatic N) is 4. The molecule has 4 rings (SSSR count). The third kappa shape index (κ3) is 3.88. The van der Waals surface area contributed by atoms with E-state index in [1.54, 1.807) is 17.0 Å². The summed E-state index contributed by atoms with van der Waals surface area (Å²) in [5, 5.41) is 4.03.